The Morgan fingerprint density at radius 1 is 1.31 bits per heavy atom. The number of anilines is 1. The third-order valence-corrected chi connectivity index (χ3v) is 10.2. The molecule has 11 N–H and O–H groups in total. The number of ether oxygens (including phenoxy) is 1. The van der Waals surface area contributed by atoms with Crippen LogP contribution in [0.1, 0.15) is 63.3 Å². The second-order valence-electron chi connectivity index (χ2n) is 13.7. The number of aryl methyl sites for hydroxylation is 1. The number of aliphatic carboxylic acids is 1. The molecule has 0 bridgehead atoms. The summed E-state index contributed by atoms with van der Waals surface area (Å²) in [6.45, 7) is 3.56. The van der Waals surface area contributed by atoms with Crippen LogP contribution in [0.25, 0.3) is 0 Å². The van der Waals surface area contributed by atoms with Crippen molar-refractivity contribution in [3.8, 4) is 5.75 Å². The Balaban J connectivity index is 1.31. The predicted molar refractivity (Wildman–Crippen MR) is 183 cm³/mol. The molecule has 1 saturated heterocycles. The molecule has 1 aliphatic carbocycles. The van der Waals surface area contributed by atoms with E-state index in [0.717, 1.165) is 16.9 Å². The molecule has 20 nitrogen and oxygen atoms in total. The molecule has 2 fully saturated rings. The number of hydrogen-bond donors (Lipinski definition) is 8. The molecule has 284 valence electrons. The molecule has 0 radical (unpaired) electrons. The molecule has 2 amide bonds. The zero-order valence-corrected chi connectivity index (χ0v) is 29.9. The standard InChI is InChI=1S/C30H40N8O12S2/c1-28(2)22(25(42)38(28)50-52(45,46)47)36-24(41)21(18-13-51-27(32)35-18)37-49-29(3,26(43)44)20-7-5-14-8-15(4-6-19(14)48-20)23(31)34-16-9-30(33,10-16)11-17(40)12-39/h4,6,8,13,16-17,20,22,39-40H,5,7,9-12,33H2,1-3H3,(H2,31,34)(H2,32,35)(H,36,41)(H,43,44)(H,45,46,47)/b37-21-/t16?,17?,20-,22-,29+,30?/m1/s1. The highest BCUT2D eigenvalue weighted by molar-refractivity contribution is 7.80. The third kappa shape index (κ3) is 7.96. The number of nitrogens with zero attached hydrogens (tertiary/aromatic N) is 4. The van der Waals surface area contributed by atoms with Gasteiger partial charge in [0.2, 0.25) is 0 Å². The Kier molecular flexibility index (Phi) is 10.6. The molecule has 2 aromatic rings. The molecule has 1 aromatic heterocycles. The van der Waals surface area contributed by atoms with Crippen LogP contribution in [0, 0.1) is 0 Å². The van der Waals surface area contributed by atoms with Crippen molar-refractivity contribution in [2.75, 3.05) is 12.3 Å². The van der Waals surface area contributed by atoms with Crippen LogP contribution in [0.5, 0.6) is 5.75 Å². The van der Waals surface area contributed by atoms with Gasteiger partial charge in [-0.15, -0.1) is 15.6 Å². The number of aliphatic imine (C=N–C) groups is 1. The molecule has 3 aliphatic rings. The van der Waals surface area contributed by atoms with Crippen LogP contribution in [-0.4, -0.2) is 115 Å². The summed E-state index contributed by atoms with van der Waals surface area (Å²) in [5, 5.41) is 37.2. The van der Waals surface area contributed by atoms with Gasteiger partial charge in [-0.05, 0) is 76.6 Å². The van der Waals surface area contributed by atoms with Gasteiger partial charge < -0.3 is 47.4 Å². The number of carboxylic acids is 1. The highest BCUT2D eigenvalue weighted by Crippen LogP contribution is 2.38. The number of carbonyl (C=O) groups is 3. The van der Waals surface area contributed by atoms with E-state index in [9.17, 15) is 33.0 Å². The summed E-state index contributed by atoms with van der Waals surface area (Å²) in [4.78, 5) is 52.9. The first-order chi connectivity index (χ1) is 24.2. The van der Waals surface area contributed by atoms with E-state index in [1.807, 2.05) is 0 Å². The molecular weight excluding hydrogens is 729 g/mol. The van der Waals surface area contributed by atoms with Gasteiger partial charge in [0.05, 0.1) is 24.3 Å². The summed E-state index contributed by atoms with van der Waals surface area (Å²) in [6.07, 6.45) is -0.266. The first kappa shape index (κ1) is 38.8. The number of benzene rings is 1. The number of thiazole rings is 1. The van der Waals surface area contributed by atoms with Crippen LogP contribution >= 0.6 is 11.3 Å². The minimum absolute atomic E-state index is 0.0413. The quantitative estimate of drug-likeness (QED) is 0.0369. The van der Waals surface area contributed by atoms with Gasteiger partial charge in [0, 0.05) is 16.5 Å². The van der Waals surface area contributed by atoms with E-state index < -0.39 is 68.8 Å². The van der Waals surface area contributed by atoms with Gasteiger partial charge in [-0.25, -0.2) is 9.78 Å². The minimum Gasteiger partial charge on any atom is -0.485 e. The van der Waals surface area contributed by atoms with Gasteiger partial charge >= 0.3 is 16.4 Å². The van der Waals surface area contributed by atoms with E-state index in [-0.39, 0.29) is 42.2 Å². The van der Waals surface area contributed by atoms with Gasteiger partial charge in [-0.3, -0.25) is 19.1 Å². The van der Waals surface area contributed by atoms with Crippen LogP contribution in [0.2, 0.25) is 0 Å². The number of aliphatic hydroxyl groups excluding tert-OH is 2. The molecule has 5 rings (SSSR count). The smallest absolute Gasteiger partial charge is 0.418 e. The van der Waals surface area contributed by atoms with Crippen LogP contribution in [0.15, 0.2) is 33.7 Å². The highest BCUT2D eigenvalue weighted by atomic mass is 32.3. The number of aliphatic hydroxyl groups is 2. The van der Waals surface area contributed by atoms with Crippen LogP contribution in [-0.2, 0) is 40.3 Å². The van der Waals surface area contributed by atoms with Gasteiger partial charge in [-0.1, -0.05) is 5.16 Å². The molecular formula is C30H40N8O12S2. The van der Waals surface area contributed by atoms with Crippen molar-refractivity contribution >= 4 is 56.2 Å². The van der Waals surface area contributed by atoms with Crippen LogP contribution < -0.4 is 27.3 Å². The maximum atomic E-state index is 13.5. The van der Waals surface area contributed by atoms with Crippen molar-refractivity contribution in [1.29, 1.82) is 0 Å². The van der Waals surface area contributed by atoms with Crippen molar-refractivity contribution in [2.24, 2.45) is 21.6 Å². The maximum Gasteiger partial charge on any atom is 0.418 e. The van der Waals surface area contributed by atoms with Crippen molar-refractivity contribution in [1.82, 2.24) is 15.4 Å². The Morgan fingerprint density at radius 2 is 2.00 bits per heavy atom. The molecule has 1 aromatic carbocycles. The fourth-order valence-electron chi connectivity index (χ4n) is 6.27. The lowest BCUT2D eigenvalue weighted by Crippen LogP contribution is -2.76. The fraction of sp³-hybridized carbons (Fsp3) is 0.533. The van der Waals surface area contributed by atoms with Crippen LogP contribution in [0.3, 0.4) is 0 Å². The maximum absolute atomic E-state index is 13.5. The van der Waals surface area contributed by atoms with Crippen molar-refractivity contribution in [3.63, 3.8) is 0 Å². The Labute approximate surface area is 301 Å². The number of hydrogen-bond acceptors (Lipinski definition) is 16. The monoisotopic (exact) mass is 768 g/mol. The van der Waals surface area contributed by atoms with Gasteiger partial charge in [0.15, 0.2) is 16.9 Å². The van der Waals surface area contributed by atoms with E-state index in [1.54, 1.807) is 18.2 Å². The number of carboxylic acid groups (broad SMARTS) is 1. The number of amides is 2. The number of aromatic nitrogens is 1. The normalized spacial score (nSPS) is 26.2. The highest BCUT2D eigenvalue weighted by Gasteiger charge is 2.58. The number of nitrogens with two attached hydrogens (primary N) is 3. The number of nitrogens with one attached hydrogen (secondary N) is 1. The lowest BCUT2D eigenvalue weighted by Gasteiger charge is -2.50. The van der Waals surface area contributed by atoms with Gasteiger partial charge in [0.1, 0.15) is 23.3 Å². The SMILES string of the molecule is CC1(C)[C@H](NC(=O)/C(=N\O[C@](C)(C(=O)O)[C@H]2CCc3cc(C(N)=NC4CC(N)(CC(O)CO)C4)ccc3O2)c2csc(N)n2)C(=O)N1OS(=O)(=O)O. The number of amidine groups is 1. The first-order valence-electron chi connectivity index (χ1n) is 15.9. The molecule has 22 heteroatoms. The summed E-state index contributed by atoms with van der Waals surface area (Å²) in [7, 11) is -5.04. The predicted octanol–water partition coefficient (Wildman–Crippen LogP) is -1.17. The number of hydroxylamine groups is 2. The Hall–Kier alpha value is -4.45. The summed E-state index contributed by atoms with van der Waals surface area (Å²) in [6, 6.07) is 3.57. The van der Waals surface area contributed by atoms with E-state index in [2.05, 4.69) is 24.7 Å². The number of β-lactam (4-membered cyclic amide) rings is 1. The first-order valence-corrected chi connectivity index (χ1v) is 18.1. The fourth-order valence-corrected chi connectivity index (χ4v) is 7.28. The largest absolute Gasteiger partial charge is 0.485 e. The number of nitrogen functional groups attached to an aromatic ring is 1. The van der Waals surface area contributed by atoms with Crippen LogP contribution in [0.4, 0.5) is 5.13 Å². The average Bonchev–Trinajstić information content (AvgIpc) is 3.49. The van der Waals surface area contributed by atoms with Crippen molar-refractivity contribution < 1.29 is 56.5 Å². The molecule has 2 aliphatic heterocycles. The average molecular weight is 769 g/mol. The zero-order valence-electron chi connectivity index (χ0n) is 28.3. The van der Waals surface area contributed by atoms with Gasteiger partial charge in [-0.2, -0.15) is 13.5 Å². The minimum atomic E-state index is -5.04. The summed E-state index contributed by atoms with van der Waals surface area (Å²) in [5.41, 5.74) is 14.8. The number of carbonyl (C=O) groups excluding carboxylic acids is 2. The summed E-state index contributed by atoms with van der Waals surface area (Å²) < 4.78 is 41.8. The van der Waals surface area contributed by atoms with E-state index >= 15 is 0 Å². The summed E-state index contributed by atoms with van der Waals surface area (Å²) >= 11 is 0.948. The van der Waals surface area contributed by atoms with E-state index in [1.165, 1.54) is 26.2 Å². The third-order valence-electron chi connectivity index (χ3n) is 9.23. The van der Waals surface area contributed by atoms with Gasteiger partial charge in [0.25, 0.3) is 17.4 Å². The van der Waals surface area contributed by atoms with Crippen molar-refractivity contribution in [2.45, 2.75) is 93.8 Å². The second-order valence-corrected chi connectivity index (χ2v) is 15.6. The molecule has 4 atom stereocenters. The Bertz CT molecular complexity index is 1910. The number of rotatable bonds is 14. The molecule has 52 heavy (non-hydrogen) atoms. The topological polar surface area (TPSA) is 325 Å². The Morgan fingerprint density at radius 3 is 2.58 bits per heavy atom. The summed E-state index contributed by atoms with van der Waals surface area (Å²) in [5.74, 6) is -2.88. The lowest BCUT2D eigenvalue weighted by atomic mass is 9.70. The molecule has 0 spiro atoms. The second kappa shape index (κ2) is 14.2. The zero-order chi connectivity index (χ0) is 38.4. The molecule has 1 unspecified atom stereocenters. The number of fused-ring (bicyclic) bond motifs is 1. The van der Waals surface area contributed by atoms with Crippen molar-refractivity contribution in [3.05, 3.63) is 40.4 Å². The lowest BCUT2D eigenvalue weighted by molar-refractivity contribution is -0.218. The van der Waals surface area contributed by atoms with E-state index in [0.29, 0.717) is 35.6 Å². The molecule has 1 saturated carbocycles. The molecule has 3 heterocycles. The van der Waals surface area contributed by atoms with E-state index in [4.69, 9.17) is 36.4 Å². The number of oxime groups is 1.